The predicted molar refractivity (Wildman–Crippen MR) is 80.4 cm³/mol. The molecule has 0 N–H and O–H groups in total. The van der Waals surface area contributed by atoms with Gasteiger partial charge in [0.1, 0.15) is 23.2 Å². The number of hydrogen-bond donors (Lipinski definition) is 0. The first-order valence-corrected chi connectivity index (χ1v) is 7.23. The van der Waals surface area contributed by atoms with Crippen molar-refractivity contribution >= 4 is 27.3 Å². The molecule has 3 aromatic rings. The number of Topliss-reactive ketones (excluding diaryl/α,β-unsaturated/α-hetero) is 1. The monoisotopic (exact) mass is 301 g/mol. The smallest absolute Gasteiger partial charge is 0.163 e. The maximum atomic E-state index is 13.2. The van der Waals surface area contributed by atoms with E-state index in [-0.39, 0.29) is 18.0 Å². The Hall–Kier alpha value is -2.27. The number of hydrogen-bond acceptors (Lipinski definition) is 4. The molecular weight excluding hydrogens is 289 g/mol. The molecule has 0 spiro atoms. The molecule has 1 heterocycles. The van der Waals surface area contributed by atoms with Crippen molar-refractivity contribution in [2.24, 2.45) is 0 Å². The largest absolute Gasteiger partial charge is 0.486 e. The minimum Gasteiger partial charge on any atom is -0.486 e. The fraction of sp³-hybridized carbons (Fsp3) is 0.125. The van der Waals surface area contributed by atoms with E-state index in [1.807, 2.05) is 24.3 Å². The fourth-order valence-corrected chi connectivity index (χ4v) is 2.90. The summed E-state index contributed by atoms with van der Waals surface area (Å²) in [5.74, 6) is -0.301. The molecule has 106 valence electrons. The molecule has 0 bridgehead atoms. The number of carbonyl (C=O) groups excluding carboxylic acids is 1. The average Bonchev–Trinajstić information content (AvgIpc) is 2.88. The summed E-state index contributed by atoms with van der Waals surface area (Å²) in [7, 11) is 0. The molecule has 0 saturated heterocycles. The number of rotatable bonds is 4. The van der Waals surface area contributed by atoms with Crippen molar-refractivity contribution in [3.8, 4) is 5.75 Å². The Morgan fingerprint density at radius 1 is 1.29 bits per heavy atom. The van der Waals surface area contributed by atoms with Gasteiger partial charge in [0.2, 0.25) is 0 Å². The fourth-order valence-electron chi connectivity index (χ4n) is 2.02. The van der Waals surface area contributed by atoms with E-state index in [1.165, 1.54) is 36.5 Å². The molecule has 1 aromatic heterocycles. The van der Waals surface area contributed by atoms with Crippen LogP contribution in [-0.4, -0.2) is 10.8 Å². The van der Waals surface area contributed by atoms with Crippen LogP contribution in [0.5, 0.6) is 5.75 Å². The van der Waals surface area contributed by atoms with E-state index in [4.69, 9.17) is 4.74 Å². The lowest BCUT2D eigenvalue weighted by molar-refractivity contribution is 0.101. The van der Waals surface area contributed by atoms with Crippen molar-refractivity contribution < 1.29 is 13.9 Å². The van der Waals surface area contributed by atoms with Crippen LogP contribution in [0.4, 0.5) is 4.39 Å². The summed E-state index contributed by atoms with van der Waals surface area (Å²) < 4.78 is 19.9. The summed E-state index contributed by atoms with van der Waals surface area (Å²) in [4.78, 5) is 16.0. The van der Waals surface area contributed by atoms with E-state index in [1.54, 1.807) is 0 Å². The Balaban J connectivity index is 1.83. The number of nitrogens with zero attached hydrogens (tertiary/aromatic N) is 1. The highest BCUT2D eigenvalue weighted by Gasteiger charge is 2.11. The van der Waals surface area contributed by atoms with Crippen LogP contribution in [0, 0.1) is 5.82 Å². The Kier molecular flexibility index (Phi) is 3.66. The quantitative estimate of drug-likeness (QED) is 0.677. The van der Waals surface area contributed by atoms with Crippen LogP contribution in [0.2, 0.25) is 0 Å². The molecule has 0 atom stereocenters. The van der Waals surface area contributed by atoms with Crippen LogP contribution in [0.1, 0.15) is 22.3 Å². The number of ether oxygens (including phenoxy) is 1. The van der Waals surface area contributed by atoms with Crippen molar-refractivity contribution in [1.82, 2.24) is 4.98 Å². The van der Waals surface area contributed by atoms with Gasteiger partial charge in [-0.1, -0.05) is 12.1 Å². The van der Waals surface area contributed by atoms with Crippen LogP contribution >= 0.6 is 11.3 Å². The standard InChI is InChI=1S/C16H12FNO2S/c1-10(19)12-8-11(17)6-7-14(12)20-9-16-18-13-4-2-3-5-15(13)21-16/h2-8H,9H2,1H3. The highest BCUT2D eigenvalue weighted by Crippen LogP contribution is 2.25. The van der Waals surface area contributed by atoms with E-state index in [9.17, 15) is 9.18 Å². The van der Waals surface area contributed by atoms with Crippen molar-refractivity contribution in [2.75, 3.05) is 0 Å². The first-order valence-electron chi connectivity index (χ1n) is 6.41. The predicted octanol–water partition coefficient (Wildman–Crippen LogP) is 4.22. The lowest BCUT2D eigenvalue weighted by atomic mass is 10.1. The maximum Gasteiger partial charge on any atom is 0.163 e. The number of halogens is 1. The van der Waals surface area contributed by atoms with Gasteiger partial charge < -0.3 is 4.74 Å². The second-order valence-corrected chi connectivity index (χ2v) is 5.68. The summed E-state index contributed by atoms with van der Waals surface area (Å²) in [5, 5.41) is 0.815. The molecule has 0 amide bonds. The van der Waals surface area contributed by atoms with Gasteiger partial charge in [0.05, 0.1) is 15.8 Å². The van der Waals surface area contributed by atoms with Crippen molar-refractivity contribution in [2.45, 2.75) is 13.5 Å². The SMILES string of the molecule is CC(=O)c1cc(F)ccc1OCc1nc2ccccc2s1. The molecule has 0 aliphatic heterocycles. The summed E-state index contributed by atoms with van der Waals surface area (Å²) in [5.41, 5.74) is 1.17. The third kappa shape index (κ3) is 2.92. The number of ketones is 1. The van der Waals surface area contributed by atoms with Gasteiger partial charge in [-0.05, 0) is 37.3 Å². The van der Waals surface area contributed by atoms with E-state index < -0.39 is 5.82 Å². The molecular formula is C16H12FNO2S. The summed E-state index contributed by atoms with van der Waals surface area (Å²) in [6, 6.07) is 11.8. The first kappa shape index (κ1) is 13.7. The molecule has 0 saturated carbocycles. The second-order valence-electron chi connectivity index (χ2n) is 4.56. The topological polar surface area (TPSA) is 39.2 Å². The average molecular weight is 301 g/mol. The van der Waals surface area contributed by atoms with Crippen LogP contribution < -0.4 is 4.74 Å². The molecule has 0 unspecified atom stereocenters. The highest BCUT2D eigenvalue weighted by molar-refractivity contribution is 7.18. The molecule has 0 aliphatic carbocycles. The molecule has 0 radical (unpaired) electrons. The van der Waals surface area contributed by atoms with E-state index in [0.29, 0.717) is 5.75 Å². The molecule has 3 nitrogen and oxygen atoms in total. The Labute approximate surface area is 125 Å². The molecule has 5 heteroatoms. The minimum atomic E-state index is -0.451. The van der Waals surface area contributed by atoms with Gasteiger partial charge in [-0.15, -0.1) is 11.3 Å². The zero-order chi connectivity index (χ0) is 14.8. The van der Waals surface area contributed by atoms with Crippen molar-refractivity contribution in [3.05, 3.63) is 58.9 Å². The second kappa shape index (κ2) is 5.61. The van der Waals surface area contributed by atoms with E-state index in [2.05, 4.69) is 4.98 Å². The summed E-state index contributed by atoms with van der Waals surface area (Å²) in [6.45, 7) is 1.64. The Bertz CT molecular complexity index is 780. The van der Waals surface area contributed by atoms with Gasteiger partial charge in [0, 0.05) is 0 Å². The van der Waals surface area contributed by atoms with Crippen LogP contribution in [0.3, 0.4) is 0 Å². The third-order valence-electron chi connectivity index (χ3n) is 3.01. The lowest BCUT2D eigenvalue weighted by Gasteiger charge is -2.08. The normalized spacial score (nSPS) is 10.8. The molecule has 21 heavy (non-hydrogen) atoms. The number of carbonyl (C=O) groups is 1. The van der Waals surface area contributed by atoms with Gasteiger partial charge in [0.15, 0.2) is 5.78 Å². The number of fused-ring (bicyclic) bond motifs is 1. The zero-order valence-electron chi connectivity index (χ0n) is 11.3. The van der Waals surface area contributed by atoms with Crippen LogP contribution in [-0.2, 0) is 6.61 Å². The number of benzene rings is 2. The van der Waals surface area contributed by atoms with Gasteiger partial charge >= 0.3 is 0 Å². The number of aromatic nitrogens is 1. The summed E-state index contributed by atoms with van der Waals surface area (Å²) in [6.07, 6.45) is 0. The molecule has 2 aromatic carbocycles. The zero-order valence-corrected chi connectivity index (χ0v) is 12.1. The van der Waals surface area contributed by atoms with E-state index in [0.717, 1.165) is 15.2 Å². The molecule has 0 fully saturated rings. The van der Waals surface area contributed by atoms with Crippen LogP contribution in [0.25, 0.3) is 10.2 Å². The minimum absolute atomic E-state index is 0.228. The lowest BCUT2D eigenvalue weighted by Crippen LogP contribution is -2.02. The van der Waals surface area contributed by atoms with Crippen molar-refractivity contribution in [1.29, 1.82) is 0 Å². The Morgan fingerprint density at radius 2 is 2.10 bits per heavy atom. The molecule has 0 aliphatic rings. The number of thiazole rings is 1. The Morgan fingerprint density at radius 3 is 2.86 bits per heavy atom. The summed E-state index contributed by atoms with van der Waals surface area (Å²) >= 11 is 1.54. The molecule has 3 rings (SSSR count). The third-order valence-corrected chi connectivity index (χ3v) is 4.02. The first-order chi connectivity index (χ1) is 10.1. The van der Waals surface area contributed by atoms with Gasteiger partial charge in [-0.3, -0.25) is 4.79 Å². The number of para-hydroxylation sites is 1. The maximum absolute atomic E-state index is 13.2. The van der Waals surface area contributed by atoms with E-state index >= 15 is 0 Å². The van der Waals surface area contributed by atoms with Gasteiger partial charge in [0.25, 0.3) is 0 Å². The van der Waals surface area contributed by atoms with Crippen LogP contribution in [0.15, 0.2) is 42.5 Å². The highest BCUT2D eigenvalue weighted by atomic mass is 32.1. The van der Waals surface area contributed by atoms with Gasteiger partial charge in [-0.25, -0.2) is 9.37 Å². The van der Waals surface area contributed by atoms with Crippen molar-refractivity contribution in [3.63, 3.8) is 0 Å². The van der Waals surface area contributed by atoms with Gasteiger partial charge in [-0.2, -0.15) is 0 Å².